The number of ether oxygens (including phenoxy) is 1. The molecule has 11 heteroatoms. The number of benzene rings is 2. The molecule has 4 aromatic rings. The second-order valence-electron chi connectivity index (χ2n) is 9.75. The summed E-state index contributed by atoms with van der Waals surface area (Å²) in [5.74, 6) is 0.0508. The lowest BCUT2D eigenvalue weighted by molar-refractivity contribution is 0.1000. The van der Waals surface area contributed by atoms with Crippen LogP contribution in [0.5, 0.6) is 6.01 Å². The van der Waals surface area contributed by atoms with Crippen LogP contribution in [0, 0.1) is 0 Å². The molecule has 206 valence electrons. The number of hydrogen-bond acceptors (Lipinski definition) is 6. The molecule has 0 radical (unpaired) electrons. The molecule has 3 heterocycles. The van der Waals surface area contributed by atoms with Crippen molar-refractivity contribution in [3.05, 3.63) is 82.4 Å². The number of carbonyl (C=O) groups is 2. The van der Waals surface area contributed by atoms with Gasteiger partial charge in [-0.3, -0.25) is 14.6 Å². The van der Waals surface area contributed by atoms with Crippen LogP contribution in [0.25, 0.3) is 16.8 Å². The van der Waals surface area contributed by atoms with Crippen LogP contribution in [-0.4, -0.2) is 50.5 Å². The van der Waals surface area contributed by atoms with Gasteiger partial charge in [-0.1, -0.05) is 25.1 Å². The second kappa shape index (κ2) is 10.7. The molecule has 5 rings (SSSR count). The van der Waals surface area contributed by atoms with Gasteiger partial charge in [0.1, 0.15) is 5.82 Å². The van der Waals surface area contributed by atoms with E-state index in [0.29, 0.717) is 42.3 Å². The first-order valence-electron chi connectivity index (χ1n) is 13.1. The van der Waals surface area contributed by atoms with Gasteiger partial charge in [0.05, 0.1) is 11.8 Å². The van der Waals surface area contributed by atoms with E-state index in [1.54, 1.807) is 47.3 Å². The number of hydrogen-bond donors (Lipinski definition) is 1. The highest BCUT2D eigenvalue weighted by Gasteiger charge is 2.33. The third-order valence-electron chi connectivity index (χ3n) is 6.77. The van der Waals surface area contributed by atoms with Crippen LogP contribution in [0.2, 0.25) is 0 Å². The third-order valence-corrected chi connectivity index (χ3v) is 6.77. The quantitative estimate of drug-likeness (QED) is 0.363. The summed E-state index contributed by atoms with van der Waals surface area (Å²) in [6.45, 7) is 6.68. The van der Waals surface area contributed by atoms with E-state index in [2.05, 4.69) is 10.1 Å². The van der Waals surface area contributed by atoms with Crippen molar-refractivity contribution >= 4 is 23.4 Å². The van der Waals surface area contributed by atoms with Gasteiger partial charge < -0.3 is 10.5 Å². The Morgan fingerprint density at radius 1 is 1.02 bits per heavy atom. The fraction of sp³-hybridized carbons (Fsp3) is 0.276. The normalized spacial score (nSPS) is 13.4. The van der Waals surface area contributed by atoms with Crippen molar-refractivity contribution in [2.75, 3.05) is 22.9 Å². The number of urea groups is 1. The Balaban J connectivity index is 1.46. The second-order valence-corrected chi connectivity index (χ2v) is 9.75. The number of nitrogens with zero attached hydrogens (tertiary/aromatic N) is 6. The van der Waals surface area contributed by atoms with Gasteiger partial charge in [-0.25, -0.2) is 23.8 Å². The van der Waals surface area contributed by atoms with E-state index in [1.165, 1.54) is 9.25 Å². The van der Waals surface area contributed by atoms with E-state index < -0.39 is 5.91 Å². The maximum Gasteiger partial charge on any atom is 0.353 e. The largest absolute Gasteiger partial charge is 0.461 e. The van der Waals surface area contributed by atoms with Crippen molar-refractivity contribution in [1.29, 1.82) is 0 Å². The summed E-state index contributed by atoms with van der Waals surface area (Å²) < 4.78 is 8.44. The average molecular weight is 542 g/mol. The molecule has 0 unspecified atom stereocenters. The number of aryl methyl sites for hydroxylation is 1. The molecular formula is C29H31N7O4. The molecule has 1 aliphatic rings. The van der Waals surface area contributed by atoms with Crippen molar-refractivity contribution < 1.29 is 14.3 Å². The van der Waals surface area contributed by atoms with Crippen LogP contribution in [0.4, 0.5) is 16.3 Å². The maximum absolute atomic E-state index is 13.5. The molecular weight excluding hydrogens is 510 g/mol. The Morgan fingerprint density at radius 3 is 2.42 bits per heavy atom. The van der Waals surface area contributed by atoms with Crippen molar-refractivity contribution in [2.24, 2.45) is 12.8 Å². The molecule has 0 spiro atoms. The Bertz CT molecular complexity index is 1640. The van der Waals surface area contributed by atoms with Gasteiger partial charge in [0.25, 0.3) is 0 Å². The fourth-order valence-electron chi connectivity index (χ4n) is 4.87. The Morgan fingerprint density at radius 2 is 1.75 bits per heavy atom. The summed E-state index contributed by atoms with van der Waals surface area (Å²) in [6.07, 6.45) is 2.20. The highest BCUT2D eigenvalue weighted by Crippen LogP contribution is 2.33. The summed E-state index contributed by atoms with van der Waals surface area (Å²) in [7, 11) is 1.58. The lowest BCUT2D eigenvalue weighted by Crippen LogP contribution is -2.33. The highest BCUT2D eigenvalue weighted by atomic mass is 16.5. The van der Waals surface area contributed by atoms with Crippen LogP contribution < -0.4 is 26.0 Å². The summed E-state index contributed by atoms with van der Waals surface area (Å²) in [6, 6.07) is 16.2. The number of carbonyl (C=O) groups excluding carboxylic acids is 2. The Hall–Kier alpha value is -4.93. The molecule has 40 heavy (non-hydrogen) atoms. The number of anilines is 2. The molecule has 11 nitrogen and oxygen atoms in total. The Labute approximate surface area is 231 Å². The zero-order chi connectivity index (χ0) is 28.6. The first kappa shape index (κ1) is 26.7. The highest BCUT2D eigenvalue weighted by molar-refractivity contribution is 6.07. The van der Waals surface area contributed by atoms with Crippen LogP contribution >= 0.6 is 0 Å². The van der Waals surface area contributed by atoms with E-state index >= 15 is 0 Å². The molecule has 1 fully saturated rings. The van der Waals surface area contributed by atoms with Crippen molar-refractivity contribution in [3.63, 3.8) is 0 Å². The smallest absolute Gasteiger partial charge is 0.353 e. The number of rotatable bonds is 8. The number of nitrogens with two attached hydrogens (primary N) is 1. The van der Waals surface area contributed by atoms with Crippen molar-refractivity contribution in [2.45, 2.75) is 33.3 Å². The lowest BCUT2D eigenvalue weighted by atomic mass is 9.98. The van der Waals surface area contributed by atoms with E-state index in [1.807, 2.05) is 51.1 Å². The van der Waals surface area contributed by atoms with Crippen molar-refractivity contribution in [3.8, 4) is 22.8 Å². The summed E-state index contributed by atoms with van der Waals surface area (Å²) in [5, 5.41) is 4.21. The molecule has 0 saturated carbocycles. The molecule has 2 aromatic carbocycles. The maximum atomic E-state index is 13.5. The van der Waals surface area contributed by atoms with Gasteiger partial charge in [-0.15, -0.1) is 5.10 Å². The summed E-state index contributed by atoms with van der Waals surface area (Å²) in [5.41, 5.74) is 9.51. The predicted molar refractivity (Wildman–Crippen MR) is 152 cm³/mol. The fourth-order valence-corrected chi connectivity index (χ4v) is 4.87. The minimum atomic E-state index is -0.545. The molecule has 0 atom stereocenters. The van der Waals surface area contributed by atoms with E-state index in [0.717, 1.165) is 16.7 Å². The van der Waals surface area contributed by atoms with E-state index in [-0.39, 0.29) is 23.8 Å². The zero-order valence-electron chi connectivity index (χ0n) is 22.9. The topological polar surface area (TPSA) is 129 Å². The first-order chi connectivity index (χ1) is 19.2. The van der Waals surface area contributed by atoms with Crippen LogP contribution in [0.1, 0.15) is 36.7 Å². The van der Waals surface area contributed by atoms with E-state index in [4.69, 9.17) is 10.5 Å². The average Bonchev–Trinajstić information content (AvgIpc) is 3.46. The number of pyridine rings is 1. The summed E-state index contributed by atoms with van der Waals surface area (Å²) in [4.78, 5) is 45.8. The van der Waals surface area contributed by atoms with Gasteiger partial charge in [0.15, 0.2) is 0 Å². The van der Waals surface area contributed by atoms with Gasteiger partial charge in [-0.05, 0) is 67.8 Å². The predicted octanol–water partition coefficient (Wildman–Crippen LogP) is 3.53. The van der Waals surface area contributed by atoms with Gasteiger partial charge >= 0.3 is 17.7 Å². The van der Waals surface area contributed by atoms with Gasteiger partial charge in [-0.2, -0.15) is 0 Å². The lowest BCUT2D eigenvalue weighted by Gasteiger charge is -2.22. The standard InChI is InChI=1S/C29H31N7O4/c1-5-23-24(19-9-11-21(12-10-19)36-27(40-18(2)3)32-33(4)28(36)38)13-14-31-26(23)35-16-15-34(29(35)39)22-8-6-7-20(17-22)25(30)37/h6-14,17-18H,5,15-16H2,1-4H3,(H2,30,37). The van der Waals surface area contributed by atoms with Crippen LogP contribution in [0.15, 0.2) is 65.6 Å². The van der Waals surface area contributed by atoms with Gasteiger partial charge in [0, 0.05) is 43.1 Å². The van der Waals surface area contributed by atoms with Crippen LogP contribution in [0.3, 0.4) is 0 Å². The van der Waals surface area contributed by atoms with Gasteiger partial charge in [0.2, 0.25) is 5.91 Å². The summed E-state index contributed by atoms with van der Waals surface area (Å²) >= 11 is 0. The molecule has 1 aliphatic heterocycles. The minimum Gasteiger partial charge on any atom is -0.461 e. The third kappa shape index (κ3) is 4.81. The van der Waals surface area contributed by atoms with E-state index in [9.17, 15) is 14.4 Å². The molecule has 0 aliphatic carbocycles. The minimum absolute atomic E-state index is 0.140. The molecule has 2 N–H and O–H groups in total. The number of primary amides is 1. The first-order valence-corrected chi connectivity index (χ1v) is 13.1. The molecule has 0 bridgehead atoms. The molecule has 2 aromatic heterocycles. The number of aromatic nitrogens is 4. The molecule has 3 amide bonds. The van der Waals surface area contributed by atoms with Crippen molar-refractivity contribution in [1.82, 2.24) is 19.3 Å². The zero-order valence-corrected chi connectivity index (χ0v) is 22.9. The molecule has 1 saturated heterocycles. The van der Waals surface area contributed by atoms with Crippen LogP contribution in [-0.2, 0) is 13.5 Å². The monoisotopic (exact) mass is 541 g/mol. The SMILES string of the molecule is CCc1c(-c2ccc(-n3c(OC(C)C)nn(C)c3=O)cc2)ccnc1N1CCN(c2cccc(C(N)=O)c2)C1=O. The number of amides is 3. The Kier molecular flexibility index (Phi) is 7.12.